The number of hydrogen-bond donors (Lipinski definition) is 2. The van der Waals surface area contributed by atoms with E-state index in [1.165, 1.54) is 12.1 Å². The number of hydrogen-bond acceptors (Lipinski definition) is 2. The van der Waals surface area contributed by atoms with Gasteiger partial charge in [0.25, 0.3) is 0 Å². The Labute approximate surface area is 133 Å². The molecule has 0 heterocycles. The van der Waals surface area contributed by atoms with Crippen molar-refractivity contribution in [3.05, 3.63) is 35.4 Å². The lowest BCUT2D eigenvalue weighted by atomic mass is 10.1. The molecule has 3 atom stereocenters. The Morgan fingerprint density at radius 3 is 2.43 bits per heavy atom. The highest BCUT2D eigenvalue weighted by atomic mass is 19.4. The molecule has 1 aromatic carbocycles. The molecule has 1 aliphatic rings. The molecule has 23 heavy (non-hydrogen) atoms. The average molecular weight is 329 g/mol. The van der Waals surface area contributed by atoms with Crippen molar-refractivity contribution in [3.63, 3.8) is 0 Å². The Hall–Kier alpha value is -1.56. The van der Waals surface area contributed by atoms with Crippen LogP contribution in [0.5, 0.6) is 0 Å². The number of amides is 1. The lowest BCUT2D eigenvalue weighted by Crippen LogP contribution is -2.34. The van der Waals surface area contributed by atoms with E-state index in [1.807, 2.05) is 13.8 Å². The maximum absolute atomic E-state index is 12.5. The lowest BCUT2D eigenvalue weighted by molar-refractivity contribution is -0.137. The standard InChI is InChI=1S/C17H22F3NO2/c1-10(2)7-13(22)9-21-16(23)15-8-14(15)11-3-5-12(6-4-11)17(18,19)20/h3-6,10,13-15,22H,7-9H2,1-2H3,(H,21,23). The Morgan fingerprint density at radius 1 is 1.30 bits per heavy atom. The molecule has 1 aromatic rings. The molecule has 3 nitrogen and oxygen atoms in total. The van der Waals surface area contributed by atoms with Crippen LogP contribution in [-0.2, 0) is 11.0 Å². The van der Waals surface area contributed by atoms with Gasteiger partial charge in [0.05, 0.1) is 11.7 Å². The fourth-order valence-electron chi connectivity index (χ4n) is 2.75. The fraction of sp³-hybridized carbons (Fsp3) is 0.588. The van der Waals surface area contributed by atoms with E-state index in [4.69, 9.17) is 0 Å². The van der Waals surface area contributed by atoms with Crippen molar-refractivity contribution in [2.75, 3.05) is 6.54 Å². The van der Waals surface area contributed by atoms with E-state index in [9.17, 15) is 23.1 Å². The average Bonchev–Trinajstić information content (AvgIpc) is 3.24. The van der Waals surface area contributed by atoms with Crippen molar-refractivity contribution in [3.8, 4) is 0 Å². The molecule has 0 saturated heterocycles. The topological polar surface area (TPSA) is 49.3 Å². The van der Waals surface area contributed by atoms with Crippen molar-refractivity contribution in [1.29, 1.82) is 0 Å². The molecule has 1 fully saturated rings. The third kappa shape index (κ3) is 4.96. The van der Waals surface area contributed by atoms with Crippen LogP contribution < -0.4 is 5.32 Å². The molecule has 0 bridgehead atoms. The van der Waals surface area contributed by atoms with Crippen LogP contribution in [0.25, 0.3) is 0 Å². The van der Waals surface area contributed by atoms with Gasteiger partial charge in [-0.2, -0.15) is 13.2 Å². The molecule has 128 valence electrons. The molecule has 6 heteroatoms. The Kier molecular flexibility index (Phi) is 5.34. The van der Waals surface area contributed by atoms with E-state index in [-0.39, 0.29) is 24.3 Å². The normalized spacial score (nSPS) is 22.0. The number of carbonyl (C=O) groups is 1. The van der Waals surface area contributed by atoms with Gasteiger partial charge < -0.3 is 10.4 Å². The molecule has 0 aliphatic heterocycles. The summed E-state index contributed by atoms with van der Waals surface area (Å²) in [5.41, 5.74) is 0.0700. The van der Waals surface area contributed by atoms with Gasteiger partial charge in [0.2, 0.25) is 5.91 Å². The zero-order chi connectivity index (χ0) is 17.2. The van der Waals surface area contributed by atoms with Crippen LogP contribution in [0.1, 0.15) is 43.7 Å². The Morgan fingerprint density at radius 2 is 1.91 bits per heavy atom. The molecule has 1 saturated carbocycles. The monoisotopic (exact) mass is 329 g/mol. The highest BCUT2D eigenvalue weighted by molar-refractivity contribution is 5.82. The van der Waals surface area contributed by atoms with E-state index < -0.39 is 17.8 Å². The first-order valence-corrected chi connectivity index (χ1v) is 7.81. The fourth-order valence-corrected chi connectivity index (χ4v) is 2.75. The predicted octanol–water partition coefficient (Wildman–Crippen LogP) is 3.33. The largest absolute Gasteiger partial charge is 0.416 e. The second-order valence-corrected chi connectivity index (χ2v) is 6.60. The SMILES string of the molecule is CC(C)CC(O)CNC(=O)C1CC1c1ccc(C(F)(F)F)cc1. The number of rotatable bonds is 6. The number of aliphatic hydroxyl groups is 1. The van der Waals surface area contributed by atoms with Gasteiger partial charge in [-0.05, 0) is 42.4 Å². The van der Waals surface area contributed by atoms with E-state index >= 15 is 0 Å². The van der Waals surface area contributed by atoms with Crippen molar-refractivity contribution in [2.24, 2.45) is 11.8 Å². The van der Waals surface area contributed by atoms with Crippen LogP contribution in [0.2, 0.25) is 0 Å². The van der Waals surface area contributed by atoms with Gasteiger partial charge >= 0.3 is 6.18 Å². The summed E-state index contributed by atoms with van der Waals surface area (Å²) in [5.74, 6) is -0.0297. The Balaban J connectivity index is 1.83. The van der Waals surface area contributed by atoms with Crippen molar-refractivity contribution in [1.82, 2.24) is 5.32 Å². The zero-order valence-corrected chi connectivity index (χ0v) is 13.2. The van der Waals surface area contributed by atoms with Gasteiger partial charge in [0.15, 0.2) is 0 Å². The smallest absolute Gasteiger partial charge is 0.391 e. The maximum atomic E-state index is 12.5. The summed E-state index contributed by atoms with van der Waals surface area (Å²) in [6.45, 7) is 4.20. The lowest BCUT2D eigenvalue weighted by Gasteiger charge is -2.13. The minimum atomic E-state index is -4.34. The number of halogens is 3. The summed E-state index contributed by atoms with van der Waals surface area (Å²) in [7, 11) is 0. The summed E-state index contributed by atoms with van der Waals surface area (Å²) in [4.78, 5) is 12.0. The van der Waals surface area contributed by atoms with Crippen molar-refractivity contribution in [2.45, 2.75) is 44.9 Å². The number of alkyl halides is 3. The molecule has 0 radical (unpaired) electrons. The van der Waals surface area contributed by atoms with Crippen LogP contribution in [-0.4, -0.2) is 23.7 Å². The van der Waals surface area contributed by atoms with Crippen LogP contribution in [0.3, 0.4) is 0 Å². The zero-order valence-electron chi connectivity index (χ0n) is 13.2. The molecule has 0 aromatic heterocycles. The summed E-state index contributed by atoms with van der Waals surface area (Å²) in [6.07, 6.45) is -3.65. The molecule has 1 amide bonds. The molecule has 2 N–H and O–H groups in total. The summed E-state index contributed by atoms with van der Waals surface area (Å²) < 4.78 is 37.6. The number of carbonyl (C=O) groups excluding carboxylic acids is 1. The molecular formula is C17H22F3NO2. The highest BCUT2D eigenvalue weighted by Gasteiger charge is 2.44. The molecule has 0 spiro atoms. The number of benzene rings is 1. The predicted molar refractivity (Wildman–Crippen MR) is 80.8 cm³/mol. The quantitative estimate of drug-likeness (QED) is 0.841. The maximum Gasteiger partial charge on any atom is 0.416 e. The van der Waals surface area contributed by atoms with Crippen molar-refractivity contribution < 1.29 is 23.1 Å². The second kappa shape index (κ2) is 6.91. The first-order valence-electron chi connectivity index (χ1n) is 7.81. The van der Waals surface area contributed by atoms with Crippen molar-refractivity contribution >= 4 is 5.91 Å². The first-order chi connectivity index (χ1) is 10.7. The van der Waals surface area contributed by atoms with E-state index in [2.05, 4.69) is 5.32 Å². The minimum absolute atomic E-state index is 0.0282. The molecule has 1 aliphatic carbocycles. The van der Waals surface area contributed by atoms with Gasteiger partial charge in [-0.15, -0.1) is 0 Å². The summed E-state index contributed by atoms with van der Waals surface area (Å²) in [6, 6.07) is 4.98. The third-order valence-electron chi connectivity index (χ3n) is 4.05. The van der Waals surface area contributed by atoms with E-state index in [0.29, 0.717) is 18.8 Å². The van der Waals surface area contributed by atoms with E-state index in [1.54, 1.807) is 0 Å². The summed E-state index contributed by atoms with van der Waals surface area (Å²) >= 11 is 0. The Bertz CT molecular complexity index is 540. The highest BCUT2D eigenvalue weighted by Crippen LogP contribution is 2.47. The van der Waals surface area contributed by atoms with Gasteiger partial charge in [-0.1, -0.05) is 26.0 Å². The summed E-state index contributed by atoms with van der Waals surface area (Å²) in [5, 5.41) is 12.5. The van der Waals surface area contributed by atoms with Gasteiger partial charge in [0, 0.05) is 12.5 Å². The van der Waals surface area contributed by atoms with Crippen LogP contribution >= 0.6 is 0 Å². The number of nitrogens with one attached hydrogen (secondary N) is 1. The van der Waals surface area contributed by atoms with Gasteiger partial charge in [-0.3, -0.25) is 4.79 Å². The van der Waals surface area contributed by atoms with Gasteiger partial charge in [-0.25, -0.2) is 0 Å². The molecule has 3 unspecified atom stereocenters. The molecular weight excluding hydrogens is 307 g/mol. The molecule has 2 rings (SSSR count). The van der Waals surface area contributed by atoms with Gasteiger partial charge in [0.1, 0.15) is 0 Å². The second-order valence-electron chi connectivity index (χ2n) is 6.60. The van der Waals surface area contributed by atoms with Crippen LogP contribution in [0.15, 0.2) is 24.3 Å². The van der Waals surface area contributed by atoms with E-state index in [0.717, 1.165) is 17.7 Å². The minimum Gasteiger partial charge on any atom is -0.391 e. The first kappa shape index (κ1) is 17.8. The number of aliphatic hydroxyl groups excluding tert-OH is 1. The van der Waals surface area contributed by atoms with Crippen LogP contribution in [0.4, 0.5) is 13.2 Å². The third-order valence-corrected chi connectivity index (χ3v) is 4.05. The van der Waals surface area contributed by atoms with Crippen LogP contribution in [0, 0.1) is 11.8 Å².